The third-order valence-electron chi connectivity index (χ3n) is 2.05. The highest BCUT2D eigenvalue weighted by molar-refractivity contribution is 4.90. The number of aryl methyl sites for hydroxylation is 2. The van der Waals surface area contributed by atoms with E-state index in [9.17, 15) is 0 Å². The van der Waals surface area contributed by atoms with Gasteiger partial charge < -0.3 is 5.73 Å². The van der Waals surface area contributed by atoms with E-state index in [4.69, 9.17) is 5.73 Å². The largest absolute Gasteiger partial charge is 0.326 e. The second kappa shape index (κ2) is 3.23. The molecule has 1 aromatic heterocycles. The van der Waals surface area contributed by atoms with Crippen LogP contribution in [0.25, 0.3) is 0 Å². The minimum absolute atomic E-state index is 0.102. The first-order valence-corrected chi connectivity index (χ1v) is 4.17. The summed E-state index contributed by atoms with van der Waals surface area (Å²) >= 11 is 0. The van der Waals surface area contributed by atoms with E-state index in [2.05, 4.69) is 10.1 Å². The van der Waals surface area contributed by atoms with Crippen molar-refractivity contribution in [3.63, 3.8) is 0 Å². The molecule has 4 nitrogen and oxygen atoms in total. The predicted molar refractivity (Wildman–Crippen MR) is 47.9 cm³/mol. The van der Waals surface area contributed by atoms with Gasteiger partial charge in [0, 0.05) is 6.04 Å². The zero-order chi connectivity index (χ0) is 9.30. The molecule has 0 fully saturated rings. The van der Waals surface area contributed by atoms with Crippen LogP contribution in [0, 0.1) is 13.8 Å². The van der Waals surface area contributed by atoms with E-state index >= 15 is 0 Å². The minimum Gasteiger partial charge on any atom is -0.326 e. The summed E-state index contributed by atoms with van der Waals surface area (Å²) in [5.41, 5.74) is 5.76. The first-order valence-electron chi connectivity index (χ1n) is 4.17. The SMILES string of the molecule is Cc1nc(C)n(C(C)C(C)N)n1. The van der Waals surface area contributed by atoms with E-state index in [0.29, 0.717) is 0 Å². The van der Waals surface area contributed by atoms with Crippen LogP contribution in [0.15, 0.2) is 0 Å². The molecule has 0 aliphatic rings. The van der Waals surface area contributed by atoms with Gasteiger partial charge in [0.25, 0.3) is 0 Å². The molecule has 4 heteroatoms. The van der Waals surface area contributed by atoms with Crippen molar-refractivity contribution in [1.82, 2.24) is 14.8 Å². The third-order valence-corrected chi connectivity index (χ3v) is 2.05. The van der Waals surface area contributed by atoms with E-state index in [1.807, 2.05) is 32.4 Å². The van der Waals surface area contributed by atoms with Crippen molar-refractivity contribution in [2.75, 3.05) is 0 Å². The van der Waals surface area contributed by atoms with E-state index in [0.717, 1.165) is 11.6 Å². The number of nitrogens with zero attached hydrogens (tertiary/aromatic N) is 3. The normalized spacial score (nSPS) is 16.1. The van der Waals surface area contributed by atoms with E-state index < -0.39 is 0 Å². The molecule has 0 amide bonds. The fourth-order valence-corrected chi connectivity index (χ4v) is 1.14. The number of nitrogens with two attached hydrogens (primary N) is 1. The quantitative estimate of drug-likeness (QED) is 0.710. The van der Waals surface area contributed by atoms with Crippen molar-refractivity contribution < 1.29 is 0 Å². The molecule has 12 heavy (non-hydrogen) atoms. The van der Waals surface area contributed by atoms with Crippen molar-refractivity contribution >= 4 is 0 Å². The maximum Gasteiger partial charge on any atom is 0.147 e. The molecule has 2 N–H and O–H groups in total. The summed E-state index contributed by atoms with van der Waals surface area (Å²) in [5.74, 6) is 1.73. The van der Waals surface area contributed by atoms with Crippen LogP contribution in [0.4, 0.5) is 0 Å². The van der Waals surface area contributed by atoms with Crippen molar-refractivity contribution in [3.8, 4) is 0 Å². The van der Waals surface area contributed by atoms with Gasteiger partial charge >= 0.3 is 0 Å². The van der Waals surface area contributed by atoms with Gasteiger partial charge in [-0.05, 0) is 27.7 Å². The van der Waals surface area contributed by atoms with E-state index in [-0.39, 0.29) is 12.1 Å². The molecule has 0 aliphatic carbocycles. The average molecular weight is 168 g/mol. The lowest BCUT2D eigenvalue weighted by molar-refractivity contribution is 0.414. The monoisotopic (exact) mass is 168 g/mol. The lowest BCUT2D eigenvalue weighted by Crippen LogP contribution is -2.28. The van der Waals surface area contributed by atoms with Gasteiger partial charge in [-0.1, -0.05) is 0 Å². The Hall–Kier alpha value is -0.900. The number of rotatable bonds is 2. The van der Waals surface area contributed by atoms with Gasteiger partial charge in [0.05, 0.1) is 6.04 Å². The van der Waals surface area contributed by atoms with Gasteiger partial charge in [-0.3, -0.25) is 0 Å². The second-order valence-corrected chi connectivity index (χ2v) is 3.25. The van der Waals surface area contributed by atoms with Crippen LogP contribution >= 0.6 is 0 Å². The first kappa shape index (κ1) is 9.19. The standard InChI is InChI=1S/C8H16N4/c1-5(9)6(2)12-8(4)10-7(3)11-12/h5-6H,9H2,1-4H3. The molecule has 2 atom stereocenters. The Kier molecular flexibility index (Phi) is 2.47. The molecule has 0 aromatic carbocycles. The Morgan fingerprint density at radius 2 is 1.92 bits per heavy atom. The number of hydrogen-bond donors (Lipinski definition) is 1. The van der Waals surface area contributed by atoms with Crippen LogP contribution in [0.3, 0.4) is 0 Å². The molecular weight excluding hydrogens is 152 g/mol. The fraction of sp³-hybridized carbons (Fsp3) is 0.750. The Bertz CT molecular complexity index is 264. The molecule has 0 spiro atoms. The van der Waals surface area contributed by atoms with Gasteiger partial charge in [0.1, 0.15) is 11.6 Å². The maximum absolute atomic E-state index is 5.76. The summed E-state index contributed by atoms with van der Waals surface area (Å²) in [7, 11) is 0. The third kappa shape index (κ3) is 1.64. The fourth-order valence-electron chi connectivity index (χ4n) is 1.14. The highest BCUT2D eigenvalue weighted by Crippen LogP contribution is 2.09. The lowest BCUT2D eigenvalue weighted by Gasteiger charge is -2.16. The van der Waals surface area contributed by atoms with Gasteiger partial charge in [-0.15, -0.1) is 0 Å². The summed E-state index contributed by atoms with van der Waals surface area (Å²) in [6, 6.07) is 0.316. The van der Waals surface area contributed by atoms with Crippen molar-refractivity contribution in [1.29, 1.82) is 0 Å². The predicted octanol–water partition coefficient (Wildman–Crippen LogP) is 0.803. The Morgan fingerprint density at radius 1 is 1.33 bits per heavy atom. The van der Waals surface area contributed by atoms with Crippen LogP contribution in [-0.4, -0.2) is 20.8 Å². The second-order valence-electron chi connectivity index (χ2n) is 3.25. The smallest absolute Gasteiger partial charge is 0.147 e. The van der Waals surface area contributed by atoms with Gasteiger partial charge in [0.2, 0.25) is 0 Å². The molecule has 68 valence electrons. The zero-order valence-corrected chi connectivity index (χ0v) is 8.07. The minimum atomic E-state index is 0.102. The lowest BCUT2D eigenvalue weighted by atomic mass is 10.2. The van der Waals surface area contributed by atoms with Crippen LogP contribution in [-0.2, 0) is 0 Å². The van der Waals surface area contributed by atoms with E-state index in [1.54, 1.807) is 0 Å². The zero-order valence-electron chi connectivity index (χ0n) is 8.07. The number of aromatic nitrogens is 3. The molecule has 1 aromatic rings. The Morgan fingerprint density at radius 3 is 2.25 bits per heavy atom. The molecule has 0 aliphatic heterocycles. The molecule has 0 radical (unpaired) electrons. The molecule has 1 rings (SSSR count). The van der Waals surface area contributed by atoms with Gasteiger partial charge in [-0.25, -0.2) is 9.67 Å². The maximum atomic E-state index is 5.76. The summed E-state index contributed by atoms with van der Waals surface area (Å²) in [4.78, 5) is 4.21. The van der Waals surface area contributed by atoms with Crippen molar-refractivity contribution in [2.45, 2.75) is 39.8 Å². The van der Waals surface area contributed by atoms with Crippen LogP contribution < -0.4 is 5.73 Å². The molecule has 0 saturated heterocycles. The molecule has 0 bridgehead atoms. The van der Waals surface area contributed by atoms with Gasteiger partial charge in [-0.2, -0.15) is 5.10 Å². The molecule has 2 unspecified atom stereocenters. The van der Waals surface area contributed by atoms with Crippen LogP contribution in [0.1, 0.15) is 31.5 Å². The summed E-state index contributed by atoms with van der Waals surface area (Å²) < 4.78 is 1.88. The molecular formula is C8H16N4. The van der Waals surface area contributed by atoms with E-state index in [1.165, 1.54) is 0 Å². The first-order chi connectivity index (χ1) is 5.52. The number of hydrogen-bond acceptors (Lipinski definition) is 3. The van der Waals surface area contributed by atoms with Gasteiger partial charge in [0.15, 0.2) is 0 Å². The average Bonchev–Trinajstić information content (AvgIpc) is 2.28. The summed E-state index contributed by atoms with van der Waals surface area (Å²) in [6.45, 7) is 7.85. The summed E-state index contributed by atoms with van der Waals surface area (Å²) in [6.07, 6.45) is 0. The van der Waals surface area contributed by atoms with Crippen LogP contribution in [0.2, 0.25) is 0 Å². The molecule has 0 saturated carbocycles. The Balaban J connectivity index is 2.94. The van der Waals surface area contributed by atoms with Crippen LogP contribution in [0.5, 0.6) is 0 Å². The highest BCUT2D eigenvalue weighted by atomic mass is 15.4. The van der Waals surface area contributed by atoms with Crippen molar-refractivity contribution in [2.24, 2.45) is 5.73 Å². The Labute approximate surface area is 72.8 Å². The topological polar surface area (TPSA) is 56.7 Å². The highest BCUT2D eigenvalue weighted by Gasteiger charge is 2.13. The summed E-state index contributed by atoms with van der Waals surface area (Å²) in [5, 5.41) is 4.26. The van der Waals surface area contributed by atoms with Crippen molar-refractivity contribution in [3.05, 3.63) is 11.6 Å². The molecule has 1 heterocycles.